The van der Waals surface area contributed by atoms with E-state index >= 15 is 0 Å². The van der Waals surface area contributed by atoms with Gasteiger partial charge in [-0.05, 0) is 43.4 Å². The molecule has 18 heavy (non-hydrogen) atoms. The monoisotopic (exact) mass is 238 g/mol. The van der Waals surface area contributed by atoms with Gasteiger partial charge in [-0.2, -0.15) is 5.26 Å². The van der Waals surface area contributed by atoms with Crippen molar-refractivity contribution in [3.63, 3.8) is 0 Å². The van der Waals surface area contributed by atoms with Gasteiger partial charge in [0.25, 0.3) is 0 Å². The van der Waals surface area contributed by atoms with Crippen LogP contribution in [0.2, 0.25) is 0 Å². The van der Waals surface area contributed by atoms with Crippen LogP contribution < -0.4 is 0 Å². The molecule has 3 rings (SSSR count). The minimum atomic E-state index is 0.696. The first-order valence-corrected chi connectivity index (χ1v) is 6.27. The van der Waals surface area contributed by atoms with Crippen molar-refractivity contribution in [3.05, 3.63) is 46.8 Å². The van der Waals surface area contributed by atoms with E-state index in [2.05, 4.69) is 16.4 Å². The maximum Gasteiger partial charge on any atom is 0.0991 e. The predicted octanol–water partition coefficient (Wildman–Crippen LogP) is 2.08. The van der Waals surface area contributed by atoms with Crippen LogP contribution in [0.3, 0.4) is 0 Å². The van der Waals surface area contributed by atoms with Crippen LogP contribution in [0, 0.1) is 11.3 Å². The molecular weight excluding hydrogens is 224 g/mol. The lowest BCUT2D eigenvalue weighted by atomic mass is 10.0. The summed E-state index contributed by atoms with van der Waals surface area (Å²) in [7, 11) is 0. The first-order valence-electron chi connectivity index (χ1n) is 6.27. The van der Waals surface area contributed by atoms with Crippen LogP contribution in [0.15, 0.2) is 24.3 Å². The van der Waals surface area contributed by atoms with Gasteiger partial charge < -0.3 is 0 Å². The van der Waals surface area contributed by atoms with Crippen molar-refractivity contribution < 1.29 is 0 Å². The van der Waals surface area contributed by atoms with E-state index in [1.165, 1.54) is 18.5 Å². The second kappa shape index (κ2) is 4.61. The minimum absolute atomic E-state index is 0.696. The average molecular weight is 238 g/mol. The lowest BCUT2D eigenvalue weighted by Gasteiger charge is -2.12. The molecule has 1 aromatic carbocycles. The molecule has 1 heterocycles. The molecule has 2 aromatic rings. The normalized spacial score (nSPS) is 13.9. The van der Waals surface area contributed by atoms with Crippen molar-refractivity contribution in [3.8, 4) is 6.07 Å². The van der Waals surface area contributed by atoms with Gasteiger partial charge in [0.2, 0.25) is 0 Å². The first-order chi connectivity index (χ1) is 8.86. The number of rotatable bonds is 2. The molecular formula is C14H14N4. The standard InChI is InChI=1S/C14H14N4/c15-9-11-4-3-5-12(8-11)10-18-14-7-2-1-6-13(14)16-17-18/h3-5,8H,1-2,6-7,10H2. The van der Waals surface area contributed by atoms with E-state index in [4.69, 9.17) is 5.26 Å². The SMILES string of the molecule is N#Cc1cccc(Cn2nnc3c2CCCC3)c1. The van der Waals surface area contributed by atoms with Crippen LogP contribution in [-0.4, -0.2) is 15.0 Å². The van der Waals surface area contributed by atoms with Crippen molar-refractivity contribution in [2.75, 3.05) is 0 Å². The minimum Gasteiger partial charge on any atom is -0.245 e. The maximum atomic E-state index is 8.90. The average Bonchev–Trinajstić information content (AvgIpc) is 2.83. The van der Waals surface area contributed by atoms with Gasteiger partial charge in [-0.1, -0.05) is 17.3 Å². The molecule has 1 aromatic heterocycles. The van der Waals surface area contributed by atoms with Crippen LogP contribution >= 0.6 is 0 Å². The summed E-state index contributed by atoms with van der Waals surface area (Å²) in [6.07, 6.45) is 4.56. The van der Waals surface area contributed by atoms with E-state index in [0.29, 0.717) is 12.1 Å². The second-order valence-corrected chi connectivity index (χ2v) is 4.66. The maximum absolute atomic E-state index is 8.90. The molecule has 0 amide bonds. The molecule has 1 aliphatic carbocycles. The fourth-order valence-electron chi connectivity index (χ4n) is 2.46. The Bertz CT molecular complexity index is 606. The fraction of sp³-hybridized carbons (Fsp3) is 0.357. The second-order valence-electron chi connectivity index (χ2n) is 4.66. The van der Waals surface area contributed by atoms with Crippen molar-refractivity contribution in [2.24, 2.45) is 0 Å². The van der Waals surface area contributed by atoms with Gasteiger partial charge in [-0.3, -0.25) is 0 Å². The Balaban J connectivity index is 1.88. The van der Waals surface area contributed by atoms with Gasteiger partial charge in [-0.15, -0.1) is 5.10 Å². The summed E-state index contributed by atoms with van der Waals surface area (Å²) in [6, 6.07) is 9.84. The van der Waals surface area contributed by atoms with Crippen LogP contribution in [0.5, 0.6) is 0 Å². The third-order valence-corrected chi connectivity index (χ3v) is 3.38. The molecule has 90 valence electrons. The number of aryl methyl sites for hydroxylation is 1. The van der Waals surface area contributed by atoms with Gasteiger partial charge >= 0.3 is 0 Å². The molecule has 0 atom stereocenters. The Morgan fingerprint density at radius 2 is 2.17 bits per heavy atom. The molecule has 4 heteroatoms. The number of fused-ring (bicyclic) bond motifs is 1. The van der Waals surface area contributed by atoms with Crippen LogP contribution in [0.1, 0.15) is 35.4 Å². The number of hydrogen-bond donors (Lipinski definition) is 0. The Labute approximate surface area is 106 Å². The van der Waals surface area contributed by atoms with Crippen molar-refractivity contribution in [1.82, 2.24) is 15.0 Å². The molecule has 0 saturated heterocycles. The van der Waals surface area contributed by atoms with Gasteiger partial charge in [0.15, 0.2) is 0 Å². The van der Waals surface area contributed by atoms with E-state index in [0.717, 1.165) is 24.1 Å². The van der Waals surface area contributed by atoms with Crippen LogP contribution in [0.4, 0.5) is 0 Å². The zero-order valence-electron chi connectivity index (χ0n) is 10.1. The quantitative estimate of drug-likeness (QED) is 0.804. The van der Waals surface area contributed by atoms with Gasteiger partial charge in [-0.25, -0.2) is 4.68 Å². The highest BCUT2D eigenvalue weighted by Crippen LogP contribution is 2.19. The topological polar surface area (TPSA) is 54.5 Å². The van der Waals surface area contributed by atoms with E-state index in [9.17, 15) is 0 Å². The summed E-state index contributed by atoms with van der Waals surface area (Å²) in [4.78, 5) is 0. The molecule has 0 saturated carbocycles. The Kier molecular flexibility index (Phi) is 2.81. The van der Waals surface area contributed by atoms with E-state index in [1.54, 1.807) is 0 Å². The first kappa shape index (κ1) is 11.0. The summed E-state index contributed by atoms with van der Waals surface area (Å²) >= 11 is 0. The molecule has 0 bridgehead atoms. The summed E-state index contributed by atoms with van der Waals surface area (Å²) < 4.78 is 1.98. The number of aromatic nitrogens is 3. The summed E-state index contributed by atoms with van der Waals surface area (Å²) in [5.74, 6) is 0. The summed E-state index contributed by atoms with van der Waals surface area (Å²) in [5, 5.41) is 17.4. The summed E-state index contributed by atoms with van der Waals surface area (Å²) in [6.45, 7) is 0.706. The molecule has 0 unspecified atom stereocenters. The highest BCUT2D eigenvalue weighted by molar-refractivity contribution is 5.33. The van der Waals surface area contributed by atoms with Crippen molar-refractivity contribution in [1.29, 1.82) is 5.26 Å². The smallest absolute Gasteiger partial charge is 0.0991 e. The number of nitrogens with zero attached hydrogens (tertiary/aromatic N) is 4. The zero-order chi connectivity index (χ0) is 12.4. The molecule has 0 fully saturated rings. The van der Waals surface area contributed by atoms with E-state index < -0.39 is 0 Å². The highest BCUT2D eigenvalue weighted by atomic mass is 15.4. The largest absolute Gasteiger partial charge is 0.245 e. The summed E-state index contributed by atoms with van der Waals surface area (Å²) in [5.41, 5.74) is 4.22. The number of hydrogen-bond acceptors (Lipinski definition) is 3. The van der Waals surface area contributed by atoms with Gasteiger partial charge in [0.1, 0.15) is 0 Å². The Morgan fingerprint density at radius 1 is 1.28 bits per heavy atom. The lowest BCUT2D eigenvalue weighted by molar-refractivity contribution is 0.591. The third-order valence-electron chi connectivity index (χ3n) is 3.38. The van der Waals surface area contributed by atoms with Crippen LogP contribution in [-0.2, 0) is 19.4 Å². The van der Waals surface area contributed by atoms with E-state index in [1.807, 2.05) is 28.9 Å². The number of nitriles is 1. The molecule has 4 nitrogen and oxygen atoms in total. The predicted molar refractivity (Wildman–Crippen MR) is 66.9 cm³/mol. The third kappa shape index (κ3) is 2.00. The molecule has 1 aliphatic rings. The molecule has 0 spiro atoms. The van der Waals surface area contributed by atoms with E-state index in [-0.39, 0.29) is 0 Å². The lowest BCUT2D eigenvalue weighted by Crippen LogP contribution is -2.10. The van der Waals surface area contributed by atoms with Crippen molar-refractivity contribution in [2.45, 2.75) is 32.2 Å². The van der Waals surface area contributed by atoms with Crippen molar-refractivity contribution >= 4 is 0 Å². The molecule has 0 aliphatic heterocycles. The highest BCUT2D eigenvalue weighted by Gasteiger charge is 2.16. The van der Waals surface area contributed by atoms with Gasteiger partial charge in [0, 0.05) is 0 Å². The van der Waals surface area contributed by atoms with Crippen LogP contribution in [0.25, 0.3) is 0 Å². The van der Waals surface area contributed by atoms with Gasteiger partial charge in [0.05, 0.1) is 29.6 Å². The number of benzene rings is 1. The fourth-order valence-corrected chi connectivity index (χ4v) is 2.46. The molecule has 0 radical (unpaired) electrons. The Morgan fingerprint density at radius 3 is 3.06 bits per heavy atom. The Hall–Kier alpha value is -2.15. The molecule has 0 N–H and O–H groups in total. The zero-order valence-corrected chi connectivity index (χ0v) is 10.1.